The van der Waals surface area contributed by atoms with Crippen LogP contribution < -0.4 is 14.2 Å². The molecule has 0 amide bonds. The number of rotatable bonds is 7. The minimum Gasteiger partial charge on any atom is -0.493 e. The molecular formula is C24H19BrFNO3. The van der Waals surface area contributed by atoms with Crippen molar-refractivity contribution in [2.45, 2.75) is 6.61 Å². The van der Waals surface area contributed by atoms with Crippen LogP contribution in [-0.2, 0) is 6.61 Å². The van der Waals surface area contributed by atoms with Crippen molar-refractivity contribution in [1.29, 1.82) is 5.26 Å². The summed E-state index contributed by atoms with van der Waals surface area (Å²) in [6, 6.07) is 19.2. The summed E-state index contributed by atoms with van der Waals surface area (Å²) in [7, 11) is 3.11. The van der Waals surface area contributed by atoms with Gasteiger partial charge in [-0.2, -0.15) is 5.26 Å². The fraction of sp³-hybridized carbons (Fsp3) is 0.125. The summed E-state index contributed by atoms with van der Waals surface area (Å²) in [4.78, 5) is 0. The predicted octanol–water partition coefficient (Wildman–Crippen LogP) is 6.25. The molecule has 0 atom stereocenters. The van der Waals surface area contributed by atoms with Crippen molar-refractivity contribution >= 4 is 27.6 Å². The summed E-state index contributed by atoms with van der Waals surface area (Å²) >= 11 is 3.46. The molecule has 0 fully saturated rings. The minimum absolute atomic E-state index is 0.279. The van der Waals surface area contributed by atoms with Gasteiger partial charge in [0.1, 0.15) is 18.2 Å². The number of benzene rings is 3. The van der Waals surface area contributed by atoms with Crippen LogP contribution in [0.3, 0.4) is 0 Å². The van der Waals surface area contributed by atoms with Crippen molar-refractivity contribution in [3.63, 3.8) is 0 Å². The average molecular weight is 468 g/mol. The van der Waals surface area contributed by atoms with Gasteiger partial charge in [0.15, 0.2) is 11.5 Å². The number of allylic oxidation sites excluding steroid dienone is 1. The Morgan fingerprint density at radius 1 is 0.967 bits per heavy atom. The van der Waals surface area contributed by atoms with Crippen LogP contribution in [0.1, 0.15) is 16.7 Å². The second-order valence-electron chi connectivity index (χ2n) is 6.34. The second-order valence-corrected chi connectivity index (χ2v) is 7.25. The summed E-state index contributed by atoms with van der Waals surface area (Å²) in [5, 5.41) is 9.75. The van der Waals surface area contributed by atoms with Gasteiger partial charge in [0.05, 0.1) is 25.9 Å². The Hall–Kier alpha value is -3.30. The molecule has 0 spiro atoms. The molecule has 0 saturated carbocycles. The third-order valence-electron chi connectivity index (χ3n) is 4.39. The van der Waals surface area contributed by atoms with E-state index >= 15 is 0 Å². The monoisotopic (exact) mass is 467 g/mol. The highest BCUT2D eigenvalue weighted by Crippen LogP contribution is 2.33. The van der Waals surface area contributed by atoms with Crippen LogP contribution in [0.4, 0.5) is 4.39 Å². The molecule has 0 radical (unpaired) electrons. The van der Waals surface area contributed by atoms with Crippen LogP contribution >= 0.6 is 15.9 Å². The lowest BCUT2D eigenvalue weighted by atomic mass is 10.0. The highest BCUT2D eigenvalue weighted by molar-refractivity contribution is 9.10. The first-order valence-corrected chi connectivity index (χ1v) is 9.84. The first-order chi connectivity index (χ1) is 14.5. The van der Waals surface area contributed by atoms with E-state index < -0.39 is 0 Å². The van der Waals surface area contributed by atoms with E-state index in [2.05, 4.69) is 22.0 Å². The SMILES string of the molecule is COc1ccc(/C(C#N)=C/c2cc(Br)ccc2OCc2ccc(F)cc2)cc1OC. The van der Waals surface area contributed by atoms with Gasteiger partial charge in [-0.1, -0.05) is 28.1 Å². The molecule has 0 unspecified atom stereocenters. The lowest BCUT2D eigenvalue weighted by molar-refractivity contribution is 0.305. The zero-order valence-corrected chi connectivity index (χ0v) is 18.1. The molecule has 152 valence electrons. The Kier molecular flexibility index (Phi) is 7.10. The Balaban J connectivity index is 1.93. The molecule has 0 bridgehead atoms. The zero-order valence-electron chi connectivity index (χ0n) is 16.5. The van der Waals surface area contributed by atoms with E-state index in [0.717, 1.165) is 15.6 Å². The number of hydrogen-bond donors (Lipinski definition) is 0. The van der Waals surface area contributed by atoms with Gasteiger partial charge in [-0.3, -0.25) is 0 Å². The molecule has 30 heavy (non-hydrogen) atoms. The number of halogens is 2. The van der Waals surface area contributed by atoms with Gasteiger partial charge >= 0.3 is 0 Å². The van der Waals surface area contributed by atoms with E-state index in [1.165, 1.54) is 12.1 Å². The fourth-order valence-electron chi connectivity index (χ4n) is 2.84. The summed E-state index contributed by atoms with van der Waals surface area (Å²) in [5.41, 5.74) is 2.72. The van der Waals surface area contributed by atoms with Crippen LogP contribution in [-0.4, -0.2) is 14.2 Å². The molecule has 0 N–H and O–H groups in total. The van der Waals surface area contributed by atoms with E-state index in [1.54, 1.807) is 50.6 Å². The molecule has 3 aromatic rings. The zero-order chi connectivity index (χ0) is 21.5. The largest absolute Gasteiger partial charge is 0.493 e. The van der Waals surface area contributed by atoms with Crippen LogP contribution in [0.15, 0.2) is 65.1 Å². The van der Waals surface area contributed by atoms with E-state index in [4.69, 9.17) is 14.2 Å². The van der Waals surface area contributed by atoms with Crippen molar-refractivity contribution in [2.75, 3.05) is 14.2 Å². The molecule has 0 aliphatic heterocycles. The molecule has 0 saturated heterocycles. The van der Waals surface area contributed by atoms with Crippen molar-refractivity contribution in [1.82, 2.24) is 0 Å². The smallest absolute Gasteiger partial charge is 0.161 e. The lowest BCUT2D eigenvalue weighted by Gasteiger charge is -2.12. The molecule has 6 heteroatoms. The number of nitriles is 1. The lowest BCUT2D eigenvalue weighted by Crippen LogP contribution is -1.97. The number of nitrogens with zero attached hydrogens (tertiary/aromatic N) is 1. The van der Waals surface area contributed by atoms with Crippen molar-refractivity contribution in [3.05, 3.63) is 87.6 Å². The predicted molar refractivity (Wildman–Crippen MR) is 118 cm³/mol. The van der Waals surface area contributed by atoms with Crippen LogP contribution in [0.2, 0.25) is 0 Å². The molecule has 0 aliphatic rings. The van der Waals surface area contributed by atoms with Gasteiger partial charge in [-0.15, -0.1) is 0 Å². The number of ether oxygens (including phenoxy) is 3. The maximum atomic E-state index is 13.1. The Morgan fingerprint density at radius 2 is 1.67 bits per heavy atom. The van der Waals surface area contributed by atoms with Gasteiger partial charge in [0, 0.05) is 10.0 Å². The standard InChI is InChI=1S/C24H19BrFNO3/c1-28-23-9-5-17(13-24(23)29-2)19(14-27)11-18-12-20(25)6-10-22(18)30-15-16-3-7-21(26)8-4-16/h3-13H,15H2,1-2H3/b19-11+. The van der Waals surface area contributed by atoms with Crippen molar-refractivity contribution in [2.24, 2.45) is 0 Å². The highest BCUT2D eigenvalue weighted by atomic mass is 79.9. The molecule has 0 heterocycles. The molecule has 3 aromatic carbocycles. The molecular weight excluding hydrogens is 449 g/mol. The number of hydrogen-bond acceptors (Lipinski definition) is 4. The highest BCUT2D eigenvalue weighted by Gasteiger charge is 2.10. The molecule has 0 aromatic heterocycles. The summed E-state index contributed by atoms with van der Waals surface area (Å²) in [6.45, 7) is 0.279. The summed E-state index contributed by atoms with van der Waals surface area (Å²) < 4.78 is 30.5. The first kappa shape index (κ1) is 21.4. The van der Waals surface area contributed by atoms with Gasteiger partial charge < -0.3 is 14.2 Å². The fourth-order valence-corrected chi connectivity index (χ4v) is 3.22. The third kappa shape index (κ3) is 5.19. The summed E-state index contributed by atoms with van der Waals surface area (Å²) in [5.74, 6) is 1.44. The second kappa shape index (κ2) is 9.95. The summed E-state index contributed by atoms with van der Waals surface area (Å²) in [6.07, 6.45) is 1.76. The maximum Gasteiger partial charge on any atom is 0.161 e. The van der Waals surface area contributed by atoms with Gasteiger partial charge in [-0.05, 0) is 65.7 Å². The van der Waals surface area contributed by atoms with Crippen molar-refractivity contribution < 1.29 is 18.6 Å². The quantitative estimate of drug-likeness (QED) is 0.304. The Labute approximate surface area is 183 Å². The van der Waals surface area contributed by atoms with Crippen LogP contribution in [0.5, 0.6) is 17.2 Å². The first-order valence-electron chi connectivity index (χ1n) is 9.05. The molecule has 4 nitrogen and oxygen atoms in total. The van der Waals surface area contributed by atoms with E-state index in [-0.39, 0.29) is 12.4 Å². The van der Waals surface area contributed by atoms with E-state index in [9.17, 15) is 9.65 Å². The third-order valence-corrected chi connectivity index (χ3v) is 4.89. The van der Waals surface area contributed by atoms with Crippen LogP contribution in [0.25, 0.3) is 11.6 Å². The van der Waals surface area contributed by atoms with Gasteiger partial charge in [0.25, 0.3) is 0 Å². The normalized spacial score (nSPS) is 11.0. The van der Waals surface area contributed by atoms with Gasteiger partial charge in [0.2, 0.25) is 0 Å². The topological polar surface area (TPSA) is 51.5 Å². The van der Waals surface area contributed by atoms with Crippen molar-refractivity contribution in [3.8, 4) is 23.3 Å². The van der Waals surface area contributed by atoms with E-state index in [0.29, 0.717) is 28.4 Å². The minimum atomic E-state index is -0.292. The molecule has 3 rings (SSSR count). The average Bonchev–Trinajstić information content (AvgIpc) is 2.77. The molecule has 0 aliphatic carbocycles. The Bertz CT molecular complexity index is 1100. The van der Waals surface area contributed by atoms with Gasteiger partial charge in [-0.25, -0.2) is 4.39 Å². The van der Waals surface area contributed by atoms with E-state index in [1.807, 2.05) is 18.2 Å². The number of methoxy groups -OCH3 is 2. The van der Waals surface area contributed by atoms with Crippen LogP contribution in [0, 0.1) is 17.1 Å². The Morgan fingerprint density at radius 3 is 2.33 bits per heavy atom. The maximum absolute atomic E-state index is 13.1.